The summed E-state index contributed by atoms with van der Waals surface area (Å²) in [6.45, 7) is 4.63. The zero-order valence-corrected chi connectivity index (χ0v) is 20.3. The van der Waals surface area contributed by atoms with E-state index in [0.29, 0.717) is 18.7 Å². The van der Waals surface area contributed by atoms with E-state index in [4.69, 9.17) is 4.42 Å². The van der Waals surface area contributed by atoms with Gasteiger partial charge in [0.2, 0.25) is 5.43 Å². The van der Waals surface area contributed by atoms with Gasteiger partial charge < -0.3 is 19.6 Å². The van der Waals surface area contributed by atoms with Crippen LogP contribution in [-0.2, 0) is 26.1 Å². The average Bonchev–Trinajstić information content (AvgIpc) is 3.31. The Morgan fingerprint density at radius 2 is 1.58 bits per heavy atom. The van der Waals surface area contributed by atoms with Gasteiger partial charge in [0.15, 0.2) is 0 Å². The number of aromatic nitrogens is 2. The number of hydrogen-bond donors (Lipinski definition) is 2. The third-order valence-electron chi connectivity index (χ3n) is 5.71. The molecule has 0 aliphatic heterocycles. The minimum absolute atomic E-state index is 0.0929. The van der Waals surface area contributed by atoms with Crippen molar-refractivity contribution in [2.45, 2.75) is 39.9 Å². The summed E-state index contributed by atoms with van der Waals surface area (Å²) in [5.74, 6) is 0.184. The lowest BCUT2D eigenvalue weighted by molar-refractivity contribution is 0.0945. The fourth-order valence-electron chi connectivity index (χ4n) is 3.70. The van der Waals surface area contributed by atoms with E-state index < -0.39 is 17.2 Å². The number of carbonyl (C=O) groups excluding carboxylic acids is 2. The zero-order valence-electron chi connectivity index (χ0n) is 20.3. The van der Waals surface area contributed by atoms with Crippen LogP contribution in [0.15, 0.2) is 82.4 Å². The van der Waals surface area contributed by atoms with E-state index in [0.717, 1.165) is 22.6 Å². The van der Waals surface area contributed by atoms with Crippen molar-refractivity contribution in [2.24, 2.45) is 0 Å². The minimum Gasteiger partial charge on any atom is -0.465 e. The van der Waals surface area contributed by atoms with Crippen LogP contribution in [0.4, 0.5) is 0 Å². The van der Waals surface area contributed by atoms with Gasteiger partial charge in [-0.3, -0.25) is 19.4 Å². The highest BCUT2D eigenvalue weighted by Crippen LogP contribution is 2.08. The fraction of sp³-hybridized carbons (Fsp3) is 0.214. The molecular weight excluding hydrogens is 456 g/mol. The summed E-state index contributed by atoms with van der Waals surface area (Å²) >= 11 is 0. The summed E-state index contributed by atoms with van der Waals surface area (Å²) in [5, 5.41) is 5.50. The minimum atomic E-state index is -0.626. The van der Waals surface area contributed by atoms with Gasteiger partial charge in [0.25, 0.3) is 11.8 Å². The van der Waals surface area contributed by atoms with E-state index >= 15 is 0 Å². The van der Waals surface area contributed by atoms with Crippen molar-refractivity contribution in [3.05, 3.63) is 123 Å². The van der Waals surface area contributed by atoms with Gasteiger partial charge in [0, 0.05) is 43.8 Å². The van der Waals surface area contributed by atoms with Crippen LogP contribution >= 0.6 is 0 Å². The summed E-state index contributed by atoms with van der Waals surface area (Å²) in [7, 11) is 0. The van der Waals surface area contributed by atoms with Crippen molar-refractivity contribution in [2.75, 3.05) is 0 Å². The molecule has 0 spiro atoms. The van der Waals surface area contributed by atoms with Gasteiger partial charge in [0.1, 0.15) is 22.6 Å². The van der Waals surface area contributed by atoms with Crippen LogP contribution in [0, 0.1) is 13.8 Å². The van der Waals surface area contributed by atoms with Crippen LogP contribution < -0.4 is 16.1 Å². The molecule has 1 aromatic carbocycles. The molecule has 184 valence electrons. The molecule has 0 bridgehead atoms. The molecule has 4 rings (SSSR count). The molecule has 0 radical (unpaired) electrons. The second-order valence-corrected chi connectivity index (χ2v) is 8.59. The number of benzene rings is 1. The number of carbonyl (C=O) groups is 2. The van der Waals surface area contributed by atoms with Crippen molar-refractivity contribution in [1.29, 1.82) is 0 Å². The van der Waals surface area contributed by atoms with Gasteiger partial charge in [-0.15, -0.1) is 0 Å². The van der Waals surface area contributed by atoms with Crippen molar-refractivity contribution in [3.63, 3.8) is 0 Å². The van der Waals surface area contributed by atoms with Gasteiger partial charge in [-0.2, -0.15) is 0 Å². The first kappa shape index (κ1) is 24.7. The van der Waals surface area contributed by atoms with Crippen molar-refractivity contribution in [3.8, 4) is 0 Å². The summed E-state index contributed by atoms with van der Waals surface area (Å²) in [4.78, 5) is 43.4. The molecule has 2 N–H and O–H groups in total. The van der Waals surface area contributed by atoms with Gasteiger partial charge in [-0.25, -0.2) is 0 Å². The predicted octanol–water partition coefficient (Wildman–Crippen LogP) is 3.56. The van der Waals surface area contributed by atoms with Crippen LogP contribution in [0.3, 0.4) is 0 Å². The third-order valence-corrected chi connectivity index (χ3v) is 5.71. The summed E-state index contributed by atoms with van der Waals surface area (Å²) in [6.07, 6.45) is 5.24. The first-order valence-corrected chi connectivity index (χ1v) is 11.7. The second-order valence-electron chi connectivity index (χ2n) is 8.59. The van der Waals surface area contributed by atoms with Crippen LogP contribution in [0.25, 0.3) is 0 Å². The Labute approximate surface area is 209 Å². The SMILES string of the molecule is Cc1ccc(CNC(=O)c2cn(CCc3ccccn3)cc(C(=O)NCc3ccc(C)o3)c2=O)cc1. The Morgan fingerprint density at radius 3 is 2.19 bits per heavy atom. The first-order valence-electron chi connectivity index (χ1n) is 11.7. The number of aryl methyl sites for hydroxylation is 4. The van der Waals surface area contributed by atoms with E-state index in [1.54, 1.807) is 22.9 Å². The molecule has 0 aliphatic rings. The number of amides is 2. The third kappa shape index (κ3) is 6.35. The number of nitrogens with one attached hydrogen (secondary N) is 2. The van der Waals surface area contributed by atoms with E-state index in [1.165, 1.54) is 12.4 Å². The van der Waals surface area contributed by atoms with Crippen molar-refractivity contribution >= 4 is 11.8 Å². The monoisotopic (exact) mass is 484 g/mol. The molecule has 3 heterocycles. The van der Waals surface area contributed by atoms with Crippen LogP contribution in [0.1, 0.15) is 49.1 Å². The number of nitrogens with zero attached hydrogens (tertiary/aromatic N) is 2. The van der Waals surface area contributed by atoms with Crippen molar-refractivity contribution in [1.82, 2.24) is 20.2 Å². The maximum absolute atomic E-state index is 13.2. The predicted molar refractivity (Wildman–Crippen MR) is 136 cm³/mol. The van der Waals surface area contributed by atoms with Crippen LogP contribution in [0.5, 0.6) is 0 Å². The highest BCUT2D eigenvalue weighted by Gasteiger charge is 2.20. The average molecular weight is 485 g/mol. The molecule has 8 nitrogen and oxygen atoms in total. The molecule has 0 saturated carbocycles. The highest BCUT2D eigenvalue weighted by atomic mass is 16.3. The molecular formula is C28H28N4O4. The molecule has 0 unspecified atom stereocenters. The van der Waals surface area contributed by atoms with E-state index in [1.807, 2.05) is 56.3 Å². The second kappa shape index (κ2) is 11.3. The lowest BCUT2D eigenvalue weighted by Gasteiger charge is -2.13. The molecule has 0 aliphatic carbocycles. The Bertz CT molecular complexity index is 1410. The van der Waals surface area contributed by atoms with E-state index in [9.17, 15) is 14.4 Å². The van der Waals surface area contributed by atoms with Crippen LogP contribution in [-0.4, -0.2) is 21.4 Å². The van der Waals surface area contributed by atoms with Gasteiger partial charge in [-0.1, -0.05) is 35.9 Å². The molecule has 4 aromatic rings. The molecule has 0 fully saturated rings. The lowest BCUT2D eigenvalue weighted by atomic mass is 10.1. The quantitative estimate of drug-likeness (QED) is 0.378. The number of rotatable bonds is 9. The van der Waals surface area contributed by atoms with Gasteiger partial charge in [-0.05, 0) is 43.7 Å². The normalized spacial score (nSPS) is 10.7. The largest absolute Gasteiger partial charge is 0.465 e. The number of furan rings is 1. The van der Waals surface area contributed by atoms with Crippen molar-refractivity contribution < 1.29 is 14.0 Å². The lowest BCUT2D eigenvalue weighted by Crippen LogP contribution is -2.35. The van der Waals surface area contributed by atoms with Crippen LogP contribution in [0.2, 0.25) is 0 Å². The Kier molecular flexibility index (Phi) is 7.75. The zero-order chi connectivity index (χ0) is 25.5. The Morgan fingerprint density at radius 1 is 0.889 bits per heavy atom. The smallest absolute Gasteiger partial charge is 0.257 e. The topological polar surface area (TPSA) is 106 Å². The summed E-state index contributed by atoms with van der Waals surface area (Å²) in [5.41, 5.74) is 2.06. The van der Waals surface area contributed by atoms with Gasteiger partial charge in [0.05, 0.1) is 6.54 Å². The molecule has 36 heavy (non-hydrogen) atoms. The molecule has 0 atom stereocenters. The fourth-order valence-corrected chi connectivity index (χ4v) is 3.70. The van der Waals surface area contributed by atoms with E-state index in [2.05, 4.69) is 15.6 Å². The molecule has 0 saturated heterocycles. The Hall–Kier alpha value is -4.46. The summed E-state index contributed by atoms with van der Waals surface area (Å²) in [6, 6.07) is 16.9. The number of hydrogen-bond acceptors (Lipinski definition) is 5. The standard InChI is InChI=1S/C28H28N4O4/c1-19-6-9-21(10-7-19)15-30-27(34)24-17-32(14-12-22-5-3-4-13-29-22)18-25(26(24)33)28(35)31-16-23-11-8-20(2)36-23/h3-11,13,17-18H,12,14-16H2,1-2H3,(H,30,34)(H,31,35). The first-order chi connectivity index (χ1) is 17.4. The molecule has 8 heteroatoms. The highest BCUT2D eigenvalue weighted by molar-refractivity contribution is 5.99. The maximum Gasteiger partial charge on any atom is 0.257 e. The summed E-state index contributed by atoms with van der Waals surface area (Å²) < 4.78 is 7.17. The van der Waals surface area contributed by atoms with E-state index in [-0.39, 0.29) is 24.2 Å². The Balaban J connectivity index is 1.56. The number of pyridine rings is 2. The molecule has 2 amide bonds. The van der Waals surface area contributed by atoms with Gasteiger partial charge >= 0.3 is 0 Å². The molecule has 3 aromatic heterocycles. The maximum atomic E-state index is 13.2.